The summed E-state index contributed by atoms with van der Waals surface area (Å²) in [5.41, 5.74) is 2.77. The zero-order chi connectivity index (χ0) is 23.4. The van der Waals surface area contributed by atoms with Crippen LogP contribution in [0, 0.1) is 23.7 Å². The first kappa shape index (κ1) is 23.5. The van der Waals surface area contributed by atoms with Crippen LogP contribution in [0.2, 0.25) is 0 Å². The third-order valence-electron chi connectivity index (χ3n) is 5.30. The van der Waals surface area contributed by atoms with Gasteiger partial charge in [0, 0.05) is 13.1 Å². The molecule has 2 aromatic rings. The number of hydrogen-bond donors (Lipinski definition) is 3. The van der Waals surface area contributed by atoms with Crippen LogP contribution in [0.3, 0.4) is 0 Å². The van der Waals surface area contributed by atoms with Crippen LogP contribution in [0.4, 0.5) is 26.2 Å². The van der Waals surface area contributed by atoms with Crippen LogP contribution < -0.4 is 15.5 Å². The third kappa shape index (κ3) is 6.18. The maximum absolute atomic E-state index is 13.0. The van der Waals surface area contributed by atoms with Crippen LogP contribution in [0.1, 0.15) is 45.6 Å². The minimum Gasteiger partial charge on any atom is -0.481 e. The number of hydrogen-bond acceptors (Lipinski definition) is 4. The van der Waals surface area contributed by atoms with Crippen molar-refractivity contribution >= 4 is 29.1 Å². The lowest BCUT2D eigenvalue weighted by molar-refractivity contribution is -0.138. The molecule has 1 aromatic heterocycles. The molecule has 0 saturated heterocycles. The summed E-state index contributed by atoms with van der Waals surface area (Å²) in [6.07, 6.45) is 1.85. The summed E-state index contributed by atoms with van der Waals surface area (Å²) in [6, 6.07) is 7.93. The molecule has 1 aliphatic carbocycles. The van der Waals surface area contributed by atoms with Gasteiger partial charge in [0.05, 0.1) is 29.2 Å². The molecule has 0 aliphatic heterocycles. The predicted molar refractivity (Wildman–Crippen MR) is 124 cm³/mol. The molecule has 3 N–H and O–H groups in total. The molecule has 2 amide bonds. The van der Waals surface area contributed by atoms with Crippen LogP contribution in [0.25, 0.3) is 0 Å². The van der Waals surface area contributed by atoms with Gasteiger partial charge in [0.15, 0.2) is 0 Å². The number of carbonyl (C=O) groups is 2. The summed E-state index contributed by atoms with van der Waals surface area (Å²) in [5.74, 6) is -1.01. The number of carbonyl (C=O) groups excluding carboxylic acids is 1. The quantitative estimate of drug-likeness (QED) is 0.466. The Labute approximate surface area is 188 Å². The van der Waals surface area contributed by atoms with E-state index in [4.69, 9.17) is 0 Å². The molecule has 0 radical (unpaired) electrons. The number of carboxylic acid groups (broad SMARTS) is 1. The van der Waals surface area contributed by atoms with Gasteiger partial charge in [-0.2, -0.15) is 4.39 Å². The van der Waals surface area contributed by atoms with Gasteiger partial charge < -0.3 is 20.6 Å². The molecule has 32 heavy (non-hydrogen) atoms. The van der Waals surface area contributed by atoms with Crippen molar-refractivity contribution < 1.29 is 19.1 Å². The first-order valence-corrected chi connectivity index (χ1v) is 10.9. The van der Waals surface area contributed by atoms with E-state index in [1.165, 1.54) is 18.3 Å². The van der Waals surface area contributed by atoms with E-state index in [9.17, 15) is 19.1 Å². The molecule has 1 fully saturated rings. The Bertz CT molecular complexity index is 952. The lowest BCUT2D eigenvalue weighted by atomic mass is 10.0. The molecule has 0 spiro atoms. The lowest BCUT2D eigenvalue weighted by Gasteiger charge is -2.30. The van der Waals surface area contributed by atoms with Crippen molar-refractivity contribution in [2.75, 3.05) is 28.6 Å². The Morgan fingerprint density at radius 3 is 2.34 bits per heavy atom. The number of nitrogens with one attached hydrogen (secondary N) is 2. The summed E-state index contributed by atoms with van der Waals surface area (Å²) in [4.78, 5) is 29.8. The predicted octanol–water partition coefficient (Wildman–Crippen LogP) is 5.17. The fourth-order valence-electron chi connectivity index (χ4n) is 3.88. The lowest BCUT2D eigenvalue weighted by Crippen LogP contribution is -2.32. The highest BCUT2D eigenvalue weighted by atomic mass is 19.1. The van der Waals surface area contributed by atoms with Crippen LogP contribution in [0.15, 0.2) is 36.5 Å². The van der Waals surface area contributed by atoms with Gasteiger partial charge in [0.1, 0.15) is 0 Å². The van der Waals surface area contributed by atoms with Crippen LogP contribution in [-0.2, 0) is 4.79 Å². The number of aliphatic carboxylic acids is 1. The number of benzene rings is 1. The van der Waals surface area contributed by atoms with E-state index in [0.29, 0.717) is 29.6 Å². The maximum Gasteiger partial charge on any atom is 0.323 e. The zero-order valence-electron chi connectivity index (χ0n) is 18.9. The minimum absolute atomic E-state index is 0.0462. The van der Waals surface area contributed by atoms with Crippen molar-refractivity contribution in [3.63, 3.8) is 0 Å². The monoisotopic (exact) mass is 442 g/mol. The molecule has 1 saturated carbocycles. The average Bonchev–Trinajstić information content (AvgIpc) is 3.50. The molecule has 2 unspecified atom stereocenters. The summed E-state index contributed by atoms with van der Waals surface area (Å²) in [6.45, 7) is 10.2. The number of urea groups is 1. The van der Waals surface area contributed by atoms with Gasteiger partial charge in [0.2, 0.25) is 5.95 Å². The minimum atomic E-state index is -0.795. The smallest absolute Gasteiger partial charge is 0.323 e. The number of rotatable bonds is 9. The normalized spacial score (nSPS) is 17.3. The van der Waals surface area contributed by atoms with E-state index in [1.807, 2.05) is 18.2 Å². The molecular formula is C24H31FN4O3. The average molecular weight is 443 g/mol. The number of pyridine rings is 1. The van der Waals surface area contributed by atoms with E-state index in [-0.39, 0.29) is 11.8 Å². The molecule has 3 rings (SSSR count). The van der Waals surface area contributed by atoms with Crippen molar-refractivity contribution in [1.29, 1.82) is 0 Å². The number of halogens is 1. The first-order valence-electron chi connectivity index (χ1n) is 10.9. The molecule has 2 atom stereocenters. The molecule has 1 heterocycles. The molecule has 8 heteroatoms. The summed E-state index contributed by atoms with van der Waals surface area (Å²) >= 11 is 0. The van der Waals surface area contributed by atoms with Gasteiger partial charge in [-0.25, -0.2) is 9.78 Å². The van der Waals surface area contributed by atoms with Crippen LogP contribution in [0.5, 0.6) is 0 Å². The molecular weight excluding hydrogens is 411 g/mol. The Balaban J connectivity index is 1.88. The van der Waals surface area contributed by atoms with E-state index < -0.39 is 17.9 Å². The van der Waals surface area contributed by atoms with Gasteiger partial charge >= 0.3 is 12.0 Å². The van der Waals surface area contributed by atoms with Crippen molar-refractivity contribution in [3.05, 3.63) is 48.0 Å². The standard InChI is InChI=1S/C24H31FN4O3/c1-14(2)12-29(13-15(3)4)21-7-5-16(18-10-19(18)23(30)31)9-20(21)28-24(32)27-17-6-8-22(25)26-11-17/h5-9,11,14-15,18-19H,10,12-13H2,1-4H3,(H,30,31)(H2,27,28,32). The second-order valence-electron chi connectivity index (χ2n) is 9.20. The molecule has 172 valence electrons. The zero-order valence-corrected chi connectivity index (χ0v) is 18.9. The van der Waals surface area contributed by atoms with Crippen molar-refractivity contribution in [3.8, 4) is 0 Å². The van der Waals surface area contributed by atoms with Gasteiger partial charge in [0.25, 0.3) is 0 Å². The van der Waals surface area contributed by atoms with Crippen molar-refractivity contribution in [1.82, 2.24) is 4.98 Å². The van der Waals surface area contributed by atoms with Gasteiger partial charge in [-0.1, -0.05) is 33.8 Å². The highest BCUT2D eigenvalue weighted by Crippen LogP contribution is 2.49. The second-order valence-corrected chi connectivity index (χ2v) is 9.20. The molecule has 1 aromatic carbocycles. The molecule has 0 bridgehead atoms. The van der Waals surface area contributed by atoms with Crippen LogP contribution >= 0.6 is 0 Å². The number of nitrogens with zero attached hydrogens (tertiary/aromatic N) is 2. The Kier molecular flexibility index (Phi) is 7.33. The second kappa shape index (κ2) is 9.97. The number of aromatic nitrogens is 1. The molecule has 7 nitrogen and oxygen atoms in total. The highest BCUT2D eigenvalue weighted by Gasteiger charge is 2.44. The van der Waals surface area contributed by atoms with Gasteiger partial charge in [-0.15, -0.1) is 0 Å². The van der Waals surface area contributed by atoms with E-state index in [2.05, 4.69) is 48.2 Å². The first-order chi connectivity index (χ1) is 15.1. The maximum atomic E-state index is 13.0. The third-order valence-corrected chi connectivity index (χ3v) is 5.30. The number of anilines is 3. The summed E-state index contributed by atoms with van der Waals surface area (Å²) < 4.78 is 13.0. The summed E-state index contributed by atoms with van der Waals surface area (Å²) in [5, 5.41) is 14.9. The van der Waals surface area contributed by atoms with Gasteiger partial charge in [-0.05, 0) is 54.0 Å². The van der Waals surface area contributed by atoms with Gasteiger partial charge in [-0.3, -0.25) is 4.79 Å². The largest absolute Gasteiger partial charge is 0.481 e. The molecule has 1 aliphatic rings. The Morgan fingerprint density at radius 2 is 1.81 bits per heavy atom. The van der Waals surface area contributed by atoms with E-state index in [0.717, 1.165) is 24.3 Å². The Hall–Kier alpha value is -3.16. The van der Waals surface area contributed by atoms with E-state index in [1.54, 1.807) is 0 Å². The number of amides is 2. The fraction of sp³-hybridized carbons (Fsp3) is 0.458. The summed E-state index contributed by atoms with van der Waals surface area (Å²) in [7, 11) is 0. The van der Waals surface area contributed by atoms with Crippen LogP contribution in [-0.4, -0.2) is 35.2 Å². The van der Waals surface area contributed by atoms with Crippen molar-refractivity contribution in [2.24, 2.45) is 17.8 Å². The van der Waals surface area contributed by atoms with E-state index >= 15 is 0 Å². The topological polar surface area (TPSA) is 94.6 Å². The SMILES string of the molecule is CC(C)CN(CC(C)C)c1ccc(C2CC2C(=O)O)cc1NC(=O)Nc1ccc(F)nc1. The highest BCUT2D eigenvalue weighted by molar-refractivity contribution is 6.02. The Morgan fingerprint density at radius 1 is 1.12 bits per heavy atom. The number of carboxylic acids is 1. The van der Waals surface area contributed by atoms with Crippen molar-refractivity contribution in [2.45, 2.75) is 40.0 Å². The fourth-order valence-corrected chi connectivity index (χ4v) is 3.88.